The van der Waals surface area contributed by atoms with Gasteiger partial charge in [-0.25, -0.2) is 4.39 Å². The predicted octanol–water partition coefficient (Wildman–Crippen LogP) is 4.57. The lowest BCUT2D eigenvalue weighted by molar-refractivity contribution is -0.117. The molecule has 20 heavy (non-hydrogen) atoms. The Hall–Kier alpha value is -1.96. The summed E-state index contributed by atoms with van der Waals surface area (Å²) in [5, 5.41) is 0. The highest BCUT2D eigenvalue weighted by molar-refractivity contribution is 5.95. The van der Waals surface area contributed by atoms with Crippen molar-refractivity contribution in [3.63, 3.8) is 0 Å². The predicted molar refractivity (Wildman–Crippen MR) is 80.6 cm³/mol. The summed E-state index contributed by atoms with van der Waals surface area (Å²) in [6, 6.07) is 6.33. The number of allylic oxidation sites excluding steroid dienone is 5. The van der Waals surface area contributed by atoms with E-state index in [0.717, 1.165) is 17.6 Å². The maximum Gasteiger partial charge on any atom is 0.163 e. The number of rotatable bonds is 4. The molecule has 1 aliphatic carbocycles. The third-order valence-electron chi connectivity index (χ3n) is 3.61. The largest absolute Gasteiger partial charge is 0.294 e. The first-order valence-electron chi connectivity index (χ1n) is 6.96. The van der Waals surface area contributed by atoms with Crippen molar-refractivity contribution in [3.05, 3.63) is 65.5 Å². The molecular formula is C18H19FO. The van der Waals surface area contributed by atoms with Gasteiger partial charge in [-0.3, -0.25) is 4.79 Å². The highest BCUT2D eigenvalue weighted by Crippen LogP contribution is 2.23. The first-order valence-corrected chi connectivity index (χ1v) is 6.96. The topological polar surface area (TPSA) is 17.1 Å². The van der Waals surface area contributed by atoms with E-state index in [1.807, 2.05) is 38.2 Å². The molecule has 2 unspecified atom stereocenters. The molecule has 0 amide bonds. The summed E-state index contributed by atoms with van der Waals surface area (Å²) in [5.41, 5.74) is 2.02. The molecule has 0 spiro atoms. The Balaban J connectivity index is 2.04. The van der Waals surface area contributed by atoms with Gasteiger partial charge in [-0.05, 0) is 41.7 Å². The Bertz CT molecular complexity index is 564. The summed E-state index contributed by atoms with van der Waals surface area (Å²) < 4.78 is 12.8. The van der Waals surface area contributed by atoms with Crippen LogP contribution in [0.3, 0.4) is 0 Å². The lowest BCUT2D eigenvalue weighted by atomic mass is 9.84. The van der Waals surface area contributed by atoms with E-state index in [1.165, 1.54) is 12.1 Å². The fraction of sp³-hybridized carbons (Fsp3) is 0.278. The minimum absolute atomic E-state index is 0.0954. The third-order valence-corrected chi connectivity index (χ3v) is 3.61. The number of hydrogen-bond acceptors (Lipinski definition) is 1. The van der Waals surface area contributed by atoms with Gasteiger partial charge in [0.05, 0.1) is 0 Å². The quantitative estimate of drug-likeness (QED) is 0.783. The van der Waals surface area contributed by atoms with Gasteiger partial charge in [0.1, 0.15) is 5.82 Å². The van der Waals surface area contributed by atoms with Crippen LogP contribution in [-0.2, 0) is 4.79 Å². The van der Waals surface area contributed by atoms with Crippen molar-refractivity contribution >= 4 is 11.9 Å². The van der Waals surface area contributed by atoms with Crippen molar-refractivity contribution in [2.45, 2.75) is 20.3 Å². The van der Waals surface area contributed by atoms with Crippen molar-refractivity contribution in [2.75, 3.05) is 0 Å². The third kappa shape index (κ3) is 3.53. The Morgan fingerprint density at radius 3 is 2.60 bits per heavy atom. The summed E-state index contributed by atoms with van der Waals surface area (Å²) in [6.07, 6.45) is 10.6. The molecule has 0 bridgehead atoms. The van der Waals surface area contributed by atoms with Crippen LogP contribution in [0.2, 0.25) is 0 Å². The van der Waals surface area contributed by atoms with Crippen LogP contribution in [0.5, 0.6) is 0 Å². The van der Waals surface area contributed by atoms with Gasteiger partial charge in [0.2, 0.25) is 0 Å². The Labute approximate surface area is 119 Å². The summed E-state index contributed by atoms with van der Waals surface area (Å²) >= 11 is 0. The van der Waals surface area contributed by atoms with Crippen molar-refractivity contribution in [3.8, 4) is 0 Å². The normalized spacial score (nSPS) is 20.2. The highest BCUT2D eigenvalue weighted by atomic mass is 19.1. The van der Waals surface area contributed by atoms with E-state index in [4.69, 9.17) is 0 Å². The van der Waals surface area contributed by atoms with E-state index in [-0.39, 0.29) is 23.4 Å². The van der Waals surface area contributed by atoms with Crippen LogP contribution in [0.1, 0.15) is 25.8 Å². The highest BCUT2D eigenvalue weighted by Gasteiger charge is 2.21. The monoisotopic (exact) mass is 270 g/mol. The molecule has 0 heterocycles. The molecule has 1 aromatic carbocycles. The Morgan fingerprint density at radius 2 is 2.00 bits per heavy atom. The van der Waals surface area contributed by atoms with E-state index in [2.05, 4.69) is 0 Å². The number of ketones is 1. The van der Waals surface area contributed by atoms with Crippen LogP contribution in [0, 0.1) is 17.7 Å². The number of carbonyl (C=O) groups excluding carboxylic acids is 1. The lowest BCUT2D eigenvalue weighted by Gasteiger charge is -2.18. The zero-order chi connectivity index (χ0) is 14.5. The molecule has 2 heteroatoms. The minimum atomic E-state index is -0.238. The summed E-state index contributed by atoms with van der Waals surface area (Å²) in [6.45, 7) is 4.07. The van der Waals surface area contributed by atoms with Gasteiger partial charge >= 0.3 is 0 Å². The molecule has 0 saturated heterocycles. The van der Waals surface area contributed by atoms with Gasteiger partial charge in [-0.2, -0.15) is 0 Å². The zero-order valence-electron chi connectivity index (χ0n) is 11.8. The fourth-order valence-corrected chi connectivity index (χ4v) is 2.26. The molecule has 0 saturated carbocycles. The SMILES string of the molecule is CCC1=CC(=O)C(C(C)/C=C/c2ccc(F)cc2)C=C1. The van der Waals surface area contributed by atoms with Gasteiger partial charge in [-0.1, -0.05) is 50.3 Å². The summed E-state index contributed by atoms with van der Waals surface area (Å²) in [7, 11) is 0. The molecule has 0 aliphatic heterocycles. The molecule has 1 aromatic rings. The lowest BCUT2D eigenvalue weighted by Crippen LogP contribution is -2.19. The average Bonchev–Trinajstić information content (AvgIpc) is 2.46. The van der Waals surface area contributed by atoms with Gasteiger partial charge in [0, 0.05) is 5.92 Å². The van der Waals surface area contributed by atoms with E-state index < -0.39 is 0 Å². The van der Waals surface area contributed by atoms with Gasteiger partial charge in [0.15, 0.2) is 5.78 Å². The molecular weight excluding hydrogens is 251 g/mol. The molecule has 0 fully saturated rings. The number of halogens is 1. The summed E-state index contributed by atoms with van der Waals surface area (Å²) in [5.74, 6) is -0.0427. The smallest absolute Gasteiger partial charge is 0.163 e. The van der Waals surface area contributed by atoms with Crippen LogP contribution >= 0.6 is 0 Å². The number of hydrogen-bond donors (Lipinski definition) is 0. The van der Waals surface area contributed by atoms with Crippen LogP contribution in [0.15, 0.2) is 54.1 Å². The van der Waals surface area contributed by atoms with E-state index >= 15 is 0 Å². The van der Waals surface area contributed by atoms with Crippen LogP contribution < -0.4 is 0 Å². The first kappa shape index (κ1) is 14.4. The van der Waals surface area contributed by atoms with Crippen molar-refractivity contribution in [1.29, 1.82) is 0 Å². The molecule has 104 valence electrons. The summed E-state index contributed by atoms with van der Waals surface area (Å²) in [4.78, 5) is 12.0. The Morgan fingerprint density at radius 1 is 1.30 bits per heavy atom. The second-order valence-electron chi connectivity index (χ2n) is 5.13. The van der Waals surface area contributed by atoms with Crippen LogP contribution in [-0.4, -0.2) is 5.78 Å². The van der Waals surface area contributed by atoms with Gasteiger partial charge in [-0.15, -0.1) is 0 Å². The molecule has 1 nitrogen and oxygen atoms in total. The second kappa shape index (κ2) is 6.47. The molecule has 0 aromatic heterocycles. The van der Waals surface area contributed by atoms with Crippen molar-refractivity contribution < 1.29 is 9.18 Å². The van der Waals surface area contributed by atoms with Gasteiger partial charge < -0.3 is 0 Å². The molecule has 2 atom stereocenters. The molecule has 2 rings (SSSR count). The van der Waals surface area contributed by atoms with Gasteiger partial charge in [0.25, 0.3) is 0 Å². The molecule has 1 aliphatic rings. The number of carbonyl (C=O) groups is 1. The first-order chi connectivity index (χ1) is 9.60. The van der Waals surface area contributed by atoms with Crippen LogP contribution in [0.4, 0.5) is 4.39 Å². The average molecular weight is 270 g/mol. The van der Waals surface area contributed by atoms with Crippen molar-refractivity contribution in [1.82, 2.24) is 0 Å². The number of benzene rings is 1. The molecule has 0 radical (unpaired) electrons. The maximum atomic E-state index is 12.8. The fourth-order valence-electron chi connectivity index (χ4n) is 2.26. The second-order valence-corrected chi connectivity index (χ2v) is 5.13. The van der Waals surface area contributed by atoms with E-state index in [9.17, 15) is 9.18 Å². The molecule has 0 N–H and O–H groups in total. The van der Waals surface area contributed by atoms with Crippen molar-refractivity contribution in [2.24, 2.45) is 11.8 Å². The minimum Gasteiger partial charge on any atom is -0.294 e. The standard InChI is InChI=1S/C18H19FO/c1-3-14-8-11-17(18(20)12-14)13(2)4-5-15-6-9-16(19)10-7-15/h4-13,17H,3H2,1-2H3/b5-4+. The van der Waals surface area contributed by atoms with Crippen LogP contribution in [0.25, 0.3) is 6.08 Å². The van der Waals surface area contributed by atoms with E-state index in [0.29, 0.717) is 0 Å². The Kier molecular flexibility index (Phi) is 4.67. The maximum absolute atomic E-state index is 12.8. The van der Waals surface area contributed by atoms with E-state index in [1.54, 1.807) is 18.2 Å². The zero-order valence-corrected chi connectivity index (χ0v) is 11.8.